The van der Waals surface area contributed by atoms with Gasteiger partial charge in [-0.3, -0.25) is 0 Å². The Morgan fingerprint density at radius 2 is 1.75 bits per heavy atom. The Bertz CT molecular complexity index is 658. The van der Waals surface area contributed by atoms with Crippen LogP contribution in [0.25, 0.3) is 5.69 Å². The van der Waals surface area contributed by atoms with E-state index in [0.717, 1.165) is 22.9 Å². The molecule has 3 nitrogen and oxygen atoms in total. The molecule has 0 aliphatic heterocycles. The predicted octanol–water partition coefficient (Wildman–Crippen LogP) is 4.14. The Morgan fingerprint density at radius 1 is 1.00 bits per heavy atom. The maximum Gasteiger partial charge on any atom is 0.0645 e. The molecule has 0 unspecified atom stereocenters. The van der Waals surface area contributed by atoms with Crippen molar-refractivity contribution in [2.24, 2.45) is 0 Å². The van der Waals surface area contributed by atoms with Crippen molar-refractivity contribution in [1.29, 1.82) is 0 Å². The number of halogens is 1. The molecule has 0 saturated carbocycles. The third-order valence-corrected chi connectivity index (χ3v) is 3.30. The molecule has 0 amide bonds. The van der Waals surface area contributed by atoms with Gasteiger partial charge in [-0.05, 0) is 48.0 Å². The molecule has 1 N–H and O–H groups in total. The molecule has 1 heterocycles. The van der Waals surface area contributed by atoms with Gasteiger partial charge < -0.3 is 5.32 Å². The molecule has 0 saturated heterocycles. The number of rotatable bonds is 4. The number of benzene rings is 2. The number of hydrogen-bond acceptors (Lipinski definition) is 2. The van der Waals surface area contributed by atoms with Gasteiger partial charge in [0.15, 0.2) is 0 Å². The van der Waals surface area contributed by atoms with E-state index in [1.807, 2.05) is 41.2 Å². The van der Waals surface area contributed by atoms with E-state index in [9.17, 15) is 0 Å². The van der Waals surface area contributed by atoms with Crippen LogP contribution in [0.5, 0.6) is 0 Å². The van der Waals surface area contributed by atoms with Crippen LogP contribution in [0.2, 0.25) is 5.02 Å². The van der Waals surface area contributed by atoms with Crippen LogP contribution in [-0.2, 0) is 6.54 Å². The van der Waals surface area contributed by atoms with Crippen molar-refractivity contribution in [1.82, 2.24) is 9.78 Å². The zero-order valence-corrected chi connectivity index (χ0v) is 11.6. The molecule has 0 spiro atoms. The Labute approximate surface area is 122 Å². The molecule has 0 bridgehead atoms. The highest BCUT2D eigenvalue weighted by Gasteiger charge is 1.98. The highest BCUT2D eigenvalue weighted by Crippen LogP contribution is 2.15. The van der Waals surface area contributed by atoms with Crippen LogP contribution in [0.3, 0.4) is 0 Å². The van der Waals surface area contributed by atoms with Crippen LogP contribution in [0.4, 0.5) is 5.69 Å². The van der Waals surface area contributed by atoms with Crippen molar-refractivity contribution in [3.63, 3.8) is 0 Å². The average Bonchev–Trinajstić information content (AvgIpc) is 3.01. The number of hydrogen-bond donors (Lipinski definition) is 1. The first-order chi connectivity index (χ1) is 9.81. The quantitative estimate of drug-likeness (QED) is 0.780. The van der Waals surface area contributed by atoms with Gasteiger partial charge in [0.1, 0.15) is 0 Å². The Morgan fingerprint density at radius 3 is 2.40 bits per heavy atom. The summed E-state index contributed by atoms with van der Waals surface area (Å²) >= 11 is 5.86. The van der Waals surface area contributed by atoms with Crippen LogP contribution in [-0.4, -0.2) is 9.78 Å². The van der Waals surface area contributed by atoms with Gasteiger partial charge in [-0.1, -0.05) is 23.7 Å². The second-order valence-electron chi connectivity index (χ2n) is 4.48. The van der Waals surface area contributed by atoms with Crippen LogP contribution >= 0.6 is 11.6 Å². The van der Waals surface area contributed by atoms with Crippen LogP contribution in [0, 0.1) is 0 Å². The third kappa shape index (κ3) is 3.00. The molecule has 2 aromatic carbocycles. The summed E-state index contributed by atoms with van der Waals surface area (Å²) in [6.45, 7) is 0.779. The number of nitrogens with zero attached hydrogens (tertiary/aromatic N) is 2. The van der Waals surface area contributed by atoms with E-state index in [1.54, 1.807) is 6.20 Å². The Hall–Kier alpha value is -2.26. The van der Waals surface area contributed by atoms with Crippen molar-refractivity contribution >= 4 is 17.3 Å². The first-order valence-corrected chi connectivity index (χ1v) is 6.77. The molecular weight excluding hydrogens is 270 g/mol. The van der Waals surface area contributed by atoms with E-state index >= 15 is 0 Å². The van der Waals surface area contributed by atoms with E-state index in [4.69, 9.17) is 11.6 Å². The first kappa shape index (κ1) is 12.8. The molecule has 20 heavy (non-hydrogen) atoms. The molecule has 0 radical (unpaired) electrons. The summed E-state index contributed by atoms with van der Waals surface area (Å²) in [6.07, 6.45) is 3.71. The smallest absolute Gasteiger partial charge is 0.0645 e. The summed E-state index contributed by atoms with van der Waals surface area (Å²) in [5.74, 6) is 0. The fraction of sp³-hybridized carbons (Fsp3) is 0.0625. The molecule has 0 fully saturated rings. The summed E-state index contributed by atoms with van der Waals surface area (Å²) in [5.41, 5.74) is 3.34. The Balaban J connectivity index is 1.65. The second kappa shape index (κ2) is 5.80. The molecule has 3 rings (SSSR count). The monoisotopic (exact) mass is 283 g/mol. The highest BCUT2D eigenvalue weighted by atomic mass is 35.5. The SMILES string of the molecule is Clc1ccc(NCc2ccc(-n3cccn3)cc2)cc1. The van der Waals surface area contributed by atoms with Crippen molar-refractivity contribution in [3.05, 3.63) is 77.6 Å². The molecule has 1 aromatic heterocycles. The van der Waals surface area contributed by atoms with E-state index in [-0.39, 0.29) is 0 Å². The van der Waals surface area contributed by atoms with E-state index in [0.29, 0.717) is 0 Å². The summed E-state index contributed by atoms with van der Waals surface area (Å²) in [6, 6.07) is 17.9. The molecule has 100 valence electrons. The fourth-order valence-electron chi connectivity index (χ4n) is 1.96. The minimum Gasteiger partial charge on any atom is -0.381 e. The van der Waals surface area contributed by atoms with Crippen LogP contribution < -0.4 is 5.32 Å². The maximum atomic E-state index is 5.86. The lowest BCUT2D eigenvalue weighted by molar-refractivity contribution is 0.879. The van der Waals surface area contributed by atoms with Crippen molar-refractivity contribution in [3.8, 4) is 5.69 Å². The van der Waals surface area contributed by atoms with Crippen molar-refractivity contribution in [2.45, 2.75) is 6.54 Å². The Kier molecular flexibility index (Phi) is 3.70. The number of anilines is 1. The number of aromatic nitrogens is 2. The largest absolute Gasteiger partial charge is 0.381 e. The zero-order chi connectivity index (χ0) is 13.8. The summed E-state index contributed by atoms with van der Waals surface area (Å²) in [7, 11) is 0. The van der Waals surface area contributed by atoms with Gasteiger partial charge in [0.05, 0.1) is 5.69 Å². The molecular formula is C16H14ClN3. The fourth-order valence-corrected chi connectivity index (χ4v) is 2.09. The molecule has 3 aromatic rings. The lowest BCUT2D eigenvalue weighted by Gasteiger charge is -2.07. The van der Waals surface area contributed by atoms with Crippen LogP contribution in [0.1, 0.15) is 5.56 Å². The summed E-state index contributed by atoms with van der Waals surface area (Å²) in [5, 5.41) is 8.32. The first-order valence-electron chi connectivity index (χ1n) is 6.40. The van der Waals surface area contributed by atoms with Gasteiger partial charge in [-0.2, -0.15) is 5.10 Å². The van der Waals surface area contributed by atoms with Gasteiger partial charge in [0.2, 0.25) is 0 Å². The van der Waals surface area contributed by atoms with Crippen molar-refractivity contribution < 1.29 is 0 Å². The van der Waals surface area contributed by atoms with Crippen molar-refractivity contribution in [2.75, 3.05) is 5.32 Å². The predicted molar refractivity (Wildman–Crippen MR) is 82.3 cm³/mol. The van der Waals surface area contributed by atoms with Gasteiger partial charge >= 0.3 is 0 Å². The van der Waals surface area contributed by atoms with E-state index in [2.05, 4.69) is 34.7 Å². The zero-order valence-electron chi connectivity index (χ0n) is 10.8. The minimum atomic E-state index is 0.749. The summed E-state index contributed by atoms with van der Waals surface area (Å²) < 4.78 is 1.84. The van der Waals surface area contributed by atoms with Gasteiger partial charge in [0, 0.05) is 29.6 Å². The maximum absolute atomic E-state index is 5.86. The average molecular weight is 284 g/mol. The third-order valence-electron chi connectivity index (χ3n) is 3.05. The summed E-state index contributed by atoms with van der Waals surface area (Å²) in [4.78, 5) is 0. The highest BCUT2D eigenvalue weighted by molar-refractivity contribution is 6.30. The topological polar surface area (TPSA) is 29.9 Å². The molecule has 0 aliphatic rings. The molecule has 4 heteroatoms. The van der Waals surface area contributed by atoms with Gasteiger partial charge in [0.25, 0.3) is 0 Å². The standard InChI is InChI=1S/C16H14ClN3/c17-14-4-6-15(7-5-14)18-12-13-2-8-16(9-3-13)20-11-1-10-19-20/h1-11,18H,12H2. The minimum absolute atomic E-state index is 0.749. The van der Waals surface area contributed by atoms with Gasteiger partial charge in [-0.25, -0.2) is 4.68 Å². The van der Waals surface area contributed by atoms with Gasteiger partial charge in [-0.15, -0.1) is 0 Å². The van der Waals surface area contributed by atoms with E-state index < -0.39 is 0 Å². The van der Waals surface area contributed by atoms with E-state index in [1.165, 1.54) is 5.56 Å². The lowest BCUT2D eigenvalue weighted by Crippen LogP contribution is -2.00. The normalized spacial score (nSPS) is 10.4. The van der Waals surface area contributed by atoms with Crippen LogP contribution in [0.15, 0.2) is 67.0 Å². The lowest BCUT2D eigenvalue weighted by atomic mass is 10.2. The second-order valence-corrected chi connectivity index (χ2v) is 4.91. The molecule has 0 atom stereocenters. The number of nitrogens with one attached hydrogen (secondary N) is 1. The molecule has 0 aliphatic carbocycles.